The van der Waals surface area contributed by atoms with E-state index in [9.17, 15) is 20.1 Å². The molecule has 3 aliphatic rings. The van der Waals surface area contributed by atoms with E-state index in [0.29, 0.717) is 40.4 Å². The minimum Gasteiger partial charge on any atom is -0.397 e. The van der Waals surface area contributed by atoms with Gasteiger partial charge in [0.1, 0.15) is 28.5 Å². The molecule has 0 bridgehead atoms. The molecule has 1 amide bonds. The zero-order valence-corrected chi connectivity index (χ0v) is 26.0. The van der Waals surface area contributed by atoms with Gasteiger partial charge in [0.2, 0.25) is 5.91 Å². The molecule has 42 heavy (non-hydrogen) atoms. The summed E-state index contributed by atoms with van der Waals surface area (Å²) in [6.07, 6.45) is 4.72. The molecule has 10 heteroatoms. The van der Waals surface area contributed by atoms with Crippen LogP contribution in [-0.2, 0) is 22.4 Å². The van der Waals surface area contributed by atoms with Crippen LogP contribution in [0, 0.1) is 28.1 Å². The molecule has 6 rings (SSSR count). The number of benzene rings is 1. The molecule has 0 saturated carbocycles. The van der Waals surface area contributed by atoms with E-state index in [0.717, 1.165) is 47.0 Å². The maximum absolute atomic E-state index is 14.2. The number of allylic oxidation sites excluding steroid dienone is 2. The molecule has 1 aliphatic heterocycles. The number of aromatic nitrogens is 1. The number of nitrogen functional groups attached to an aromatic ring is 1. The maximum atomic E-state index is 14.2. The number of anilines is 4. The number of carbonyl (C=O) groups is 2. The summed E-state index contributed by atoms with van der Waals surface area (Å²) in [5.74, 6) is -0.476. The molecule has 3 N–H and O–H groups in total. The maximum Gasteiger partial charge on any atom is 0.222 e. The van der Waals surface area contributed by atoms with Gasteiger partial charge < -0.3 is 11.1 Å². The number of nitriles is 2. The molecule has 1 atom stereocenters. The van der Waals surface area contributed by atoms with Crippen molar-refractivity contribution < 1.29 is 9.59 Å². The molecule has 1 unspecified atom stereocenters. The van der Waals surface area contributed by atoms with Gasteiger partial charge in [0.05, 0.1) is 11.3 Å². The second-order valence-electron chi connectivity index (χ2n) is 11.9. The average molecular weight is 642 g/mol. The number of halogens is 1. The van der Waals surface area contributed by atoms with Crippen molar-refractivity contribution in [2.45, 2.75) is 65.2 Å². The van der Waals surface area contributed by atoms with Gasteiger partial charge in [-0.15, -0.1) is 11.3 Å². The highest BCUT2D eigenvalue weighted by molar-refractivity contribution is 9.10. The van der Waals surface area contributed by atoms with Gasteiger partial charge in [-0.1, -0.05) is 41.9 Å². The highest BCUT2D eigenvalue weighted by Gasteiger charge is 2.47. The molecule has 0 radical (unpaired) electrons. The number of nitrogens with one attached hydrogen (secondary N) is 1. The van der Waals surface area contributed by atoms with Crippen molar-refractivity contribution in [2.75, 3.05) is 16.0 Å². The number of hydrogen-bond acceptors (Lipinski definition) is 8. The van der Waals surface area contributed by atoms with Crippen LogP contribution < -0.4 is 16.0 Å². The van der Waals surface area contributed by atoms with Crippen LogP contribution in [0.5, 0.6) is 0 Å². The number of pyridine rings is 1. The number of amides is 1. The van der Waals surface area contributed by atoms with Gasteiger partial charge in [0.25, 0.3) is 0 Å². The number of nitrogens with zero attached hydrogens (tertiary/aromatic N) is 4. The number of nitrogens with two attached hydrogens (primary N) is 1. The van der Waals surface area contributed by atoms with E-state index in [2.05, 4.69) is 47.2 Å². The third-order valence-electron chi connectivity index (χ3n) is 8.27. The number of carbonyl (C=O) groups excluding carboxylic acids is 2. The van der Waals surface area contributed by atoms with Crippen LogP contribution in [-0.4, -0.2) is 16.7 Å². The van der Waals surface area contributed by atoms with Crippen LogP contribution in [0.3, 0.4) is 0 Å². The average Bonchev–Trinajstić information content (AvgIpc) is 3.29. The molecule has 0 spiro atoms. The Morgan fingerprint density at radius 1 is 1.19 bits per heavy atom. The zero-order valence-electron chi connectivity index (χ0n) is 23.6. The Morgan fingerprint density at radius 2 is 1.93 bits per heavy atom. The molecule has 3 heterocycles. The molecule has 212 valence electrons. The van der Waals surface area contributed by atoms with E-state index in [-0.39, 0.29) is 34.2 Å². The lowest BCUT2D eigenvalue weighted by Gasteiger charge is -2.44. The number of hydrogen-bond donors (Lipinski definition) is 2. The number of Topliss-reactive ketones (excluding diaryl/α,β-unsaturated/α-hetero) is 1. The summed E-state index contributed by atoms with van der Waals surface area (Å²) in [4.78, 5) is 34.4. The summed E-state index contributed by atoms with van der Waals surface area (Å²) in [5, 5.41) is 24.0. The lowest BCUT2D eigenvalue weighted by molar-refractivity contribution is -0.118. The Bertz CT molecular complexity index is 1810. The number of aryl methyl sites for hydroxylation is 1. The van der Waals surface area contributed by atoms with Gasteiger partial charge in [-0.25, -0.2) is 4.98 Å². The molecule has 1 aromatic carbocycles. The molecule has 8 nitrogen and oxygen atoms in total. The monoisotopic (exact) mass is 640 g/mol. The molecule has 0 fully saturated rings. The van der Waals surface area contributed by atoms with Gasteiger partial charge in [-0.3, -0.25) is 14.5 Å². The standard InChI is InChI=1S/C32H29BrN6O2S/c1-16(40)37-29-21(15-35)28(36)27-25(17-7-6-8-18(33)11-17)26-22(12-32(2,3)13-23(26)41)39(30(27)38-29)31-20(14-34)19-9-4-5-10-24(19)42-31/h6-8,11,25H,4-5,9-10,12-13H2,1-3H3,(H3,36,37,38,40). The SMILES string of the molecule is CC(=O)Nc1nc2c(c(N)c1C#N)C(c1cccc(Br)c1)C1=C(CC(C)(C)CC1=O)N2c1sc2c(c1C#N)CCCC2. The first-order chi connectivity index (χ1) is 20.0. The van der Waals surface area contributed by atoms with Crippen molar-refractivity contribution in [1.29, 1.82) is 10.5 Å². The topological polar surface area (TPSA) is 136 Å². The summed E-state index contributed by atoms with van der Waals surface area (Å²) in [7, 11) is 0. The first kappa shape index (κ1) is 28.1. The summed E-state index contributed by atoms with van der Waals surface area (Å²) in [5.41, 5.74) is 11.1. The van der Waals surface area contributed by atoms with Crippen molar-refractivity contribution >= 4 is 61.3 Å². The van der Waals surface area contributed by atoms with Gasteiger partial charge in [-0.05, 0) is 60.8 Å². The minimum absolute atomic E-state index is 0.00514. The van der Waals surface area contributed by atoms with E-state index < -0.39 is 5.92 Å². The quantitative estimate of drug-likeness (QED) is 0.315. The van der Waals surface area contributed by atoms with Crippen molar-refractivity contribution in [1.82, 2.24) is 4.98 Å². The van der Waals surface area contributed by atoms with E-state index >= 15 is 0 Å². The van der Waals surface area contributed by atoms with Crippen LogP contribution >= 0.6 is 27.3 Å². The van der Waals surface area contributed by atoms with Gasteiger partial charge in [-0.2, -0.15) is 10.5 Å². The van der Waals surface area contributed by atoms with E-state index in [4.69, 9.17) is 10.7 Å². The minimum atomic E-state index is -0.585. The lowest BCUT2D eigenvalue weighted by atomic mass is 9.68. The van der Waals surface area contributed by atoms with Crippen LogP contribution in [0.4, 0.5) is 22.3 Å². The molecule has 0 saturated heterocycles. The summed E-state index contributed by atoms with van der Waals surface area (Å²) >= 11 is 5.15. The highest BCUT2D eigenvalue weighted by Crippen LogP contribution is 2.57. The van der Waals surface area contributed by atoms with Gasteiger partial charge in [0.15, 0.2) is 11.6 Å². The second kappa shape index (κ2) is 10.4. The highest BCUT2D eigenvalue weighted by atomic mass is 79.9. The van der Waals surface area contributed by atoms with Crippen molar-refractivity contribution in [3.05, 3.63) is 72.7 Å². The van der Waals surface area contributed by atoms with E-state index in [1.165, 1.54) is 11.8 Å². The van der Waals surface area contributed by atoms with Crippen molar-refractivity contribution in [3.8, 4) is 12.1 Å². The van der Waals surface area contributed by atoms with Crippen LogP contribution in [0.25, 0.3) is 0 Å². The van der Waals surface area contributed by atoms with E-state index in [1.807, 2.05) is 29.2 Å². The number of rotatable bonds is 3. The number of ketones is 1. The molecular formula is C32H29BrN6O2S. The first-order valence-corrected chi connectivity index (χ1v) is 15.5. The second-order valence-corrected chi connectivity index (χ2v) is 13.9. The first-order valence-electron chi connectivity index (χ1n) is 13.9. The fraction of sp³-hybridized carbons (Fsp3) is 0.344. The van der Waals surface area contributed by atoms with Crippen LogP contribution in [0.2, 0.25) is 0 Å². The van der Waals surface area contributed by atoms with Crippen LogP contribution in [0.1, 0.15) is 85.1 Å². The number of fused-ring (bicyclic) bond motifs is 2. The van der Waals surface area contributed by atoms with Gasteiger partial charge in [0, 0.05) is 45.4 Å². The summed E-state index contributed by atoms with van der Waals surface area (Å²) < 4.78 is 0.842. The largest absolute Gasteiger partial charge is 0.397 e. The zero-order chi connectivity index (χ0) is 29.9. The molecule has 2 aromatic heterocycles. The van der Waals surface area contributed by atoms with E-state index in [1.54, 1.807) is 11.3 Å². The molecule has 3 aromatic rings. The Hall–Kier alpha value is -3.99. The predicted molar refractivity (Wildman–Crippen MR) is 167 cm³/mol. The predicted octanol–water partition coefficient (Wildman–Crippen LogP) is 7.00. The number of thiophene rings is 1. The van der Waals surface area contributed by atoms with Crippen molar-refractivity contribution in [2.24, 2.45) is 5.41 Å². The smallest absolute Gasteiger partial charge is 0.222 e. The third-order valence-corrected chi connectivity index (χ3v) is 10.0. The Balaban J connectivity index is 1.76. The van der Waals surface area contributed by atoms with Crippen LogP contribution in [0.15, 0.2) is 40.0 Å². The third kappa shape index (κ3) is 4.50. The van der Waals surface area contributed by atoms with Gasteiger partial charge >= 0.3 is 0 Å². The Kier molecular flexibility index (Phi) is 6.95. The fourth-order valence-corrected chi connectivity index (χ4v) is 8.38. The molecular weight excluding hydrogens is 612 g/mol. The molecule has 2 aliphatic carbocycles. The fourth-order valence-electron chi connectivity index (χ4n) is 6.59. The Labute approximate surface area is 257 Å². The van der Waals surface area contributed by atoms with Crippen molar-refractivity contribution in [3.63, 3.8) is 0 Å². The summed E-state index contributed by atoms with van der Waals surface area (Å²) in [6.45, 7) is 5.50. The normalized spacial score (nSPS) is 18.9. The Morgan fingerprint density at radius 3 is 2.62 bits per heavy atom. The summed E-state index contributed by atoms with van der Waals surface area (Å²) in [6, 6.07) is 12.3. The lowest BCUT2D eigenvalue weighted by Crippen LogP contribution is -2.39.